The molecule has 0 unspecified atom stereocenters. The number of carboxylic acid groups (broad SMARTS) is 3. The zero-order chi connectivity index (χ0) is 82.3. The number of likely N-dealkylation sites (tertiary alicyclic amines) is 1. The first-order valence-corrected chi connectivity index (χ1v) is 34.3. The molecular weight excluding hydrogens is 1450 g/mol. The monoisotopic (exact) mass is 1550 g/mol. The molecule has 2 heterocycles. The molecule has 0 aromatic carbocycles. The molecule has 108 heavy (non-hydrogen) atoms. The Kier molecular flexibility index (Phi) is 43.1. The highest BCUT2D eigenvalue weighted by atomic mass is 19.4. The van der Waals surface area contributed by atoms with Crippen LogP contribution in [-0.2, 0) is 83.1 Å². The zero-order valence-corrected chi connectivity index (χ0v) is 60.3. The summed E-state index contributed by atoms with van der Waals surface area (Å²) >= 11 is 0. The lowest BCUT2D eigenvalue weighted by molar-refractivity contribution is -0.192. The Bertz CT molecular complexity index is 3220. The van der Waals surface area contributed by atoms with Gasteiger partial charge in [0.05, 0.1) is 45.0 Å². The Labute approximate surface area is 617 Å². The normalized spacial score (nSPS) is 15.9. The van der Waals surface area contributed by atoms with Crippen LogP contribution in [0.2, 0.25) is 0 Å². The molecule has 610 valence electrons. The van der Waals surface area contributed by atoms with Crippen molar-refractivity contribution in [3.8, 4) is 0 Å². The molecule has 13 amide bonds. The number of hydrogen-bond acceptors (Lipinski definition) is 24. The number of nitrogens with two attached hydrogens (primary N) is 6. The molecule has 0 spiro atoms. The van der Waals surface area contributed by atoms with Gasteiger partial charge in [-0.05, 0) is 102 Å². The molecule has 1 aromatic rings. The maximum atomic E-state index is 14.5. The molecule has 0 saturated carbocycles. The number of guanidine groups is 1. The number of alkyl halides is 3. The van der Waals surface area contributed by atoms with Crippen molar-refractivity contribution < 1.29 is 121 Å². The van der Waals surface area contributed by atoms with Crippen molar-refractivity contribution in [1.82, 2.24) is 73.4 Å². The van der Waals surface area contributed by atoms with Crippen LogP contribution in [0.5, 0.6) is 0 Å². The van der Waals surface area contributed by atoms with E-state index in [4.69, 9.17) is 44.3 Å². The first-order valence-electron chi connectivity index (χ1n) is 34.3. The Balaban J connectivity index is 0.00000790. The number of nitrogens with zero attached hydrogens (tertiary/aromatic N) is 3. The van der Waals surface area contributed by atoms with Gasteiger partial charge in [0.25, 0.3) is 0 Å². The van der Waals surface area contributed by atoms with Crippen molar-refractivity contribution in [2.75, 3.05) is 45.9 Å². The number of nitrogens with one attached hydrogen (secondary N) is 12. The van der Waals surface area contributed by atoms with Crippen molar-refractivity contribution in [2.45, 2.75) is 209 Å². The van der Waals surface area contributed by atoms with Gasteiger partial charge in [0.1, 0.15) is 72.5 Å². The average molecular weight is 1550 g/mol. The van der Waals surface area contributed by atoms with E-state index in [9.17, 15) is 111 Å². The van der Waals surface area contributed by atoms with Crippen LogP contribution in [0.25, 0.3) is 0 Å². The fourth-order valence-corrected chi connectivity index (χ4v) is 10.3. The SMILES string of the molecule is CC(C)C[C@H](NC(=O)[C@H](Cc1cnc[nH]1)NC(=O)[C@H](CCCN=C(N)N)NC(=O)[C@@H]1CCCN1C(=O)[C@H](CO)NC(=O)[C@@H](NC(=O)[C@H](CC(=O)O)NC(=O)CN)[C@@H](C)O)C(=O)N[C@@H](CO)C(=O)N[C@@H](CC(N)=O)C(=O)N[C@H](C(=O)N[C@@H](CCCCN)C(=O)N[C@@H](CCCCN)C(=O)O)C(C)C.O=C(O)C(F)(F)F. The molecule has 0 aliphatic carbocycles. The number of rotatable bonds is 48. The summed E-state index contributed by atoms with van der Waals surface area (Å²) in [6.45, 7) is 4.90. The van der Waals surface area contributed by atoms with Gasteiger partial charge in [-0.1, -0.05) is 27.7 Å². The topological polar surface area (TPSA) is 727 Å². The third kappa shape index (κ3) is 35.3. The van der Waals surface area contributed by atoms with Gasteiger partial charge in [-0.15, -0.1) is 0 Å². The number of hydrogen-bond donors (Lipinski definition) is 24. The predicted octanol–water partition coefficient (Wildman–Crippen LogP) is -9.32. The average Bonchev–Trinajstić information content (AvgIpc) is 1.53. The number of carboxylic acids is 3. The number of amides is 13. The van der Waals surface area contributed by atoms with Gasteiger partial charge < -0.3 is 133 Å². The number of halogens is 3. The number of unbranched alkanes of at least 4 members (excludes halogenated alkanes) is 2. The van der Waals surface area contributed by atoms with E-state index in [-0.39, 0.29) is 95.1 Å². The molecule has 46 heteroatoms. The van der Waals surface area contributed by atoms with Gasteiger partial charge in [-0.25, -0.2) is 14.6 Å². The summed E-state index contributed by atoms with van der Waals surface area (Å²) in [5.74, 6) is -20.8. The number of H-pyrrole nitrogens is 1. The Morgan fingerprint density at radius 2 is 1.03 bits per heavy atom. The summed E-state index contributed by atoms with van der Waals surface area (Å²) in [5.41, 5.74) is 33.3. The van der Waals surface area contributed by atoms with Crippen LogP contribution in [-0.4, -0.2) is 277 Å². The molecule has 30 N–H and O–H groups in total. The van der Waals surface area contributed by atoms with E-state index in [0.717, 1.165) is 11.8 Å². The summed E-state index contributed by atoms with van der Waals surface area (Å²) in [6.07, 6.45) is -4.94. The van der Waals surface area contributed by atoms with Crippen molar-refractivity contribution in [3.63, 3.8) is 0 Å². The molecule has 0 bridgehead atoms. The Hall–Kier alpha value is -10.4. The minimum Gasteiger partial charge on any atom is -0.481 e. The first kappa shape index (κ1) is 95.6. The van der Waals surface area contributed by atoms with Crippen molar-refractivity contribution >= 4 is 101 Å². The summed E-state index contributed by atoms with van der Waals surface area (Å²) in [5, 5.41) is 83.8. The van der Waals surface area contributed by atoms with Crippen LogP contribution < -0.4 is 92.9 Å². The van der Waals surface area contributed by atoms with E-state index in [1.807, 2.05) is 0 Å². The second kappa shape index (κ2) is 48.7. The molecule has 1 fully saturated rings. The number of aliphatic imine (C=N–C) groups is 1. The van der Waals surface area contributed by atoms with Crippen LogP contribution in [0.1, 0.15) is 124 Å². The van der Waals surface area contributed by atoms with Crippen LogP contribution in [0, 0.1) is 11.8 Å². The summed E-state index contributed by atoms with van der Waals surface area (Å²) in [4.78, 5) is 222. The largest absolute Gasteiger partial charge is 0.490 e. The summed E-state index contributed by atoms with van der Waals surface area (Å²) < 4.78 is 31.7. The minimum atomic E-state index is -5.08. The van der Waals surface area contributed by atoms with Crippen LogP contribution in [0.4, 0.5) is 13.2 Å². The molecule has 2 rings (SSSR count). The lowest BCUT2D eigenvalue weighted by Gasteiger charge is -2.31. The molecule has 43 nitrogen and oxygen atoms in total. The van der Waals surface area contributed by atoms with Crippen LogP contribution >= 0.6 is 0 Å². The molecule has 1 aliphatic rings. The van der Waals surface area contributed by atoms with Crippen molar-refractivity contribution in [2.24, 2.45) is 51.2 Å². The molecule has 1 aliphatic heterocycles. The fourth-order valence-electron chi connectivity index (χ4n) is 10.3. The smallest absolute Gasteiger partial charge is 0.481 e. The van der Waals surface area contributed by atoms with Crippen molar-refractivity contribution in [3.05, 3.63) is 18.2 Å². The summed E-state index contributed by atoms with van der Waals surface area (Å²) in [6, 6.07) is -19.4. The van der Waals surface area contributed by atoms with Crippen LogP contribution in [0.3, 0.4) is 0 Å². The number of aliphatic carboxylic acids is 3. The van der Waals surface area contributed by atoms with Crippen LogP contribution in [0.15, 0.2) is 17.5 Å². The van der Waals surface area contributed by atoms with Gasteiger partial charge in [0, 0.05) is 31.4 Å². The van der Waals surface area contributed by atoms with Gasteiger partial charge in [-0.2, -0.15) is 13.2 Å². The minimum absolute atomic E-state index is 0.0121. The predicted molar refractivity (Wildman–Crippen MR) is 371 cm³/mol. The van der Waals surface area contributed by atoms with E-state index in [1.54, 1.807) is 13.8 Å². The third-order valence-electron chi connectivity index (χ3n) is 15.9. The maximum absolute atomic E-state index is 14.5. The lowest BCUT2D eigenvalue weighted by atomic mass is 10.0. The number of aromatic nitrogens is 2. The second-order valence-corrected chi connectivity index (χ2v) is 25.7. The quantitative estimate of drug-likeness (QED) is 0.0164. The van der Waals surface area contributed by atoms with E-state index >= 15 is 0 Å². The molecular formula is C62H104F3N21O22. The highest BCUT2D eigenvalue weighted by Crippen LogP contribution is 2.21. The molecule has 1 saturated heterocycles. The van der Waals surface area contributed by atoms with E-state index in [0.29, 0.717) is 25.7 Å². The van der Waals surface area contributed by atoms with E-state index in [2.05, 4.69) is 73.4 Å². The number of carbonyl (C=O) groups excluding carboxylic acids is 13. The zero-order valence-electron chi connectivity index (χ0n) is 60.3. The molecule has 13 atom stereocenters. The third-order valence-corrected chi connectivity index (χ3v) is 15.9. The van der Waals surface area contributed by atoms with Gasteiger partial charge in [0.2, 0.25) is 76.8 Å². The Morgan fingerprint density at radius 3 is 1.51 bits per heavy atom. The van der Waals surface area contributed by atoms with E-state index in [1.165, 1.54) is 26.4 Å². The first-order chi connectivity index (χ1) is 50.6. The van der Waals surface area contributed by atoms with E-state index < -0.39 is 218 Å². The number of carbonyl (C=O) groups is 16. The number of aliphatic hydroxyl groups is 3. The maximum Gasteiger partial charge on any atom is 0.490 e. The lowest BCUT2D eigenvalue weighted by Crippen LogP contribution is -2.62. The van der Waals surface area contributed by atoms with Gasteiger partial charge in [-0.3, -0.25) is 72.1 Å². The van der Waals surface area contributed by atoms with Gasteiger partial charge in [0.15, 0.2) is 5.96 Å². The Morgan fingerprint density at radius 1 is 0.574 bits per heavy atom. The summed E-state index contributed by atoms with van der Waals surface area (Å²) in [7, 11) is 0. The molecule has 1 aromatic heterocycles. The number of imidazole rings is 1. The number of aromatic amines is 1. The highest BCUT2D eigenvalue weighted by Gasteiger charge is 2.43. The molecule has 0 radical (unpaired) electrons. The number of primary amides is 1. The number of aliphatic hydroxyl groups excluding tert-OH is 3. The fraction of sp³-hybridized carbons (Fsp3) is 0.677. The van der Waals surface area contributed by atoms with Gasteiger partial charge >= 0.3 is 24.1 Å². The second-order valence-electron chi connectivity index (χ2n) is 25.7. The standard InChI is InChI=1S/C60H103N21O20.C2HF3O2/c1-29(2)20-36(50(91)77-40(26-82)54(95)76-38(22-43(64)85)52(93)79-46(30(3)4)56(97)72-33(12-6-8-16-61)48(89)73-35(59(100)101)13-7-9-17-62)74-51(92)37(21-32-25-67-28-69-32)75-49(90)34(14-10-18-68-60(65)66)71-55(96)42-15-11-19-81(42)58(99)41(27-83)78-57(98)47(31(5)84)80-53(94)39(23-45(87)88)70-44(86)24-63;3-2(4,5)1(6)7/h25,28-31,33-42,46-47,82-84H,6-24,26-27,61-63H2,1-5H3,(H2,64,85)(H,67,69)(H,70,86)(H,71,96)(H,72,97)(H,73,89)(H,74,92)(H,75,90)(H,76,95)(H,77,91)(H,78,98)(H,79,93)(H,80,94)(H,87,88)(H,100,101)(H4,65,66,68);(H,6,7)/t31-,33+,34+,35+,36+,37+,38+,39+,40+,41+,42+,46+,47+;/m1./s1. The highest BCUT2D eigenvalue weighted by molar-refractivity contribution is 6.01. The van der Waals surface area contributed by atoms with Crippen molar-refractivity contribution in [1.29, 1.82) is 0 Å².